The van der Waals surface area contributed by atoms with Gasteiger partial charge in [0.2, 0.25) is 0 Å². The summed E-state index contributed by atoms with van der Waals surface area (Å²) in [7, 11) is 0. The highest BCUT2D eigenvalue weighted by molar-refractivity contribution is 6.12. The van der Waals surface area contributed by atoms with Crippen LogP contribution in [0.5, 0.6) is 0 Å². The van der Waals surface area contributed by atoms with Crippen LogP contribution in [0.25, 0.3) is 88.0 Å². The molecule has 0 unspecified atom stereocenters. The van der Waals surface area contributed by atoms with Crippen LogP contribution in [0.3, 0.4) is 0 Å². The highest BCUT2D eigenvalue weighted by Crippen LogP contribution is 2.42. The molecule has 2 heteroatoms. The van der Waals surface area contributed by atoms with Gasteiger partial charge in [-0.3, -0.25) is 0 Å². The van der Waals surface area contributed by atoms with Gasteiger partial charge < -0.3 is 9.32 Å². The first kappa shape index (κ1) is 33.6. The Balaban J connectivity index is 0.990. The minimum absolute atomic E-state index is 0.894. The molecule has 0 aliphatic rings. The summed E-state index contributed by atoms with van der Waals surface area (Å²) in [6.07, 6.45) is 0. The summed E-state index contributed by atoms with van der Waals surface area (Å²) in [6.45, 7) is 0. The lowest BCUT2D eigenvalue weighted by atomic mass is 9.96. The monoisotopic (exact) mass is 739 g/mol. The number of para-hydroxylation sites is 1. The van der Waals surface area contributed by atoms with Gasteiger partial charge in [0.25, 0.3) is 0 Å². The molecular weight excluding hydrogens is 703 g/mol. The highest BCUT2D eigenvalue weighted by atomic mass is 16.3. The van der Waals surface area contributed by atoms with Gasteiger partial charge in [-0.15, -0.1) is 0 Å². The van der Waals surface area contributed by atoms with Crippen LogP contribution in [0.15, 0.2) is 229 Å². The molecule has 272 valence electrons. The molecule has 11 rings (SSSR count). The van der Waals surface area contributed by atoms with Crippen LogP contribution in [0.4, 0.5) is 17.1 Å². The van der Waals surface area contributed by atoms with Crippen LogP contribution in [-0.2, 0) is 0 Å². The molecular formula is C56H37NO. The van der Waals surface area contributed by atoms with E-state index in [1.54, 1.807) is 0 Å². The smallest absolute Gasteiger partial charge is 0.136 e. The summed E-state index contributed by atoms with van der Waals surface area (Å²) in [5.41, 5.74) is 14.6. The van der Waals surface area contributed by atoms with Gasteiger partial charge in [0.1, 0.15) is 11.2 Å². The van der Waals surface area contributed by atoms with Crippen LogP contribution in [0.1, 0.15) is 0 Å². The highest BCUT2D eigenvalue weighted by Gasteiger charge is 2.17. The minimum atomic E-state index is 0.894. The van der Waals surface area contributed by atoms with Crippen molar-refractivity contribution in [3.05, 3.63) is 224 Å². The lowest BCUT2D eigenvalue weighted by Crippen LogP contribution is -2.10. The van der Waals surface area contributed by atoms with Crippen molar-refractivity contribution in [1.29, 1.82) is 0 Å². The second kappa shape index (κ2) is 14.1. The molecule has 0 bridgehead atoms. The number of anilines is 3. The summed E-state index contributed by atoms with van der Waals surface area (Å²) in [4.78, 5) is 2.36. The van der Waals surface area contributed by atoms with E-state index in [-0.39, 0.29) is 0 Å². The fourth-order valence-electron chi connectivity index (χ4n) is 8.66. The maximum absolute atomic E-state index is 6.29. The third-order valence-corrected chi connectivity index (χ3v) is 11.5. The zero-order valence-corrected chi connectivity index (χ0v) is 31.7. The van der Waals surface area contributed by atoms with Crippen molar-refractivity contribution in [2.75, 3.05) is 4.90 Å². The zero-order valence-electron chi connectivity index (χ0n) is 31.7. The standard InChI is InChI=1S/C56H37NO/c1-3-17-48-40(11-1)13-8-20-50(48)42-27-25-38(26-28-42)39-29-33-45(34-30-39)57(46-35-31-43(32-36-46)51-21-9-14-41-12-2-4-18-49(41)51)47-16-7-15-44(37-47)52-22-10-24-55-56(52)53-19-5-6-23-54(53)58-55/h1-37H. The van der Waals surface area contributed by atoms with E-state index in [0.29, 0.717) is 0 Å². The predicted molar refractivity (Wildman–Crippen MR) is 245 cm³/mol. The van der Waals surface area contributed by atoms with Crippen molar-refractivity contribution in [2.45, 2.75) is 0 Å². The first-order valence-corrected chi connectivity index (χ1v) is 19.8. The molecule has 10 aromatic carbocycles. The molecule has 58 heavy (non-hydrogen) atoms. The molecule has 0 aliphatic heterocycles. The Kier molecular flexibility index (Phi) is 8.19. The molecule has 0 fully saturated rings. The normalized spacial score (nSPS) is 11.4. The molecule has 0 N–H and O–H groups in total. The maximum atomic E-state index is 6.29. The van der Waals surface area contributed by atoms with Gasteiger partial charge in [-0.05, 0) is 115 Å². The topological polar surface area (TPSA) is 16.4 Å². The second-order valence-corrected chi connectivity index (χ2v) is 14.9. The average molecular weight is 740 g/mol. The predicted octanol–water partition coefficient (Wildman–Crippen LogP) is 16.0. The van der Waals surface area contributed by atoms with Crippen molar-refractivity contribution in [1.82, 2.24) is 0 Å². The Morgan fingerprint density at radius 2 is 0.724 bits per heavy atom. The molecule has 0 amide bonds. The van der Waals surface area contributed by atoms with E-state index < -0.39 is 0 Å². The Hall–Kier alpha value is -7.68. The summed E-state index contributed by atoms with van der Waals surface area (Å²) in [5, 5.41) is 7.28. The van der Waals surface area contributed by atoms with Gasteiger partial charge in [0.15, 0.2) is 0 Å². The molecule has 0 saturated carbocycles. The van der Waals surface area contributed by atoms with Crippen LogP contribution in [-0.4, -0.2) is 0 Å². The SMILES string of the molecule is c1cc(-c2cccc3oc4ccccc4c23)cc(N(c2ccc(-c3ccc(-c4cccc5ccccc45)cc3)cc2)c2ccc(-c3cccc4ccccc34)cc2)c1. The molecule has 11 aromatic rings. The maximum Gasteiger partial charge on any atom is 0.136 e. The number of nitrogens with zero attached hydrogens (tertiary/aromatic N) is 1. The van der Waals surface area contributed by atoms with Crippen LogP contribution in [0, 0.1) is 0 Å². The van der Waals surface area contributed by atoms with E-state index >= 15 is 0 Å². The number of fused-ring (bicyclic) bond motifs is 5. The van der Waals surface area contributed by atoms with Gasteiger partial charge in [-0.1, -0.05) is 176 Å². The fourth-order valence-corrected chi connectivity index (χ4v) is 8.66. The van der Waals surface area contributed by atoms with Gasteiger partial charge in [0, 0.05) is 27.8 Å². The number of hydrogen-bond acceptors (Lipinski definition) is 2. The first-order valence-electron chi connectivity index (χ1n) is 19.8. The Morgan fingerprint density at radius 3 is 1.36 bits per heavy atom. The molecule has 2 nitrogen and oxygen atoms in total. The number of hydrogen-bond donors (Lipinski definition) is 0. The molecule has 0 atom stereocenters. The van der Waals surface area contributed by atoms with Gasteiger partial charge in [-0.2, -0.15) is 0 Å². The molecule has 0 spiro atoms. The van der Waals surface area contributed by atoms with Crippen LogP contribution in [0.2, 0.25) is 0 Å². The Bertz CT molecular complexity index is 3250. The Labute approximate surface area is 337 Å². The van der Waals surface area contributed by atoms with E-state index in [1.165, 1.54) is 54.9 Å². The van der Waals surface area contributed by atoms with Gasteiger partial charge >= 0.3 is 0 Å². The van der Waals surface area contributed by atoms with Crippen molar-refractivity contribution in [2.24, 2.45) is 0 Å². The second-order valence-electron chi connectivity index (χ2n) is 14.9. The molecule has 0 aliphatic carbocycles. The molecule has 1 aromatic heterocycles. The average Bonchev–Trinajstić information content (AvgIpc) is 3.69. The third-order valence-electron chi connectivity index (χ3n) is 11.5. The largest absolute Gasteiger partial charge is 0.456 e. The number of furan rings is 1. The lowest BCUT2D eigenvalue weighted by Gasteiger charge is -2.26. The van der Waals surface area contributed by atoms with Crippen molar-refractivity contribution in [3.63, 3.8) is 0 Å². The van der Waals surface area contributed by atoms with E-state index in [9.17, 15) is 0 Å². The summed E-state index contributed by atoms with van der Waals surface area (Å²) < 4.78 is 6.29. The van der Waals surface area contributed by atoms with Gasteiger partial charge in [-0.25, -0.2) is 0 Å². The lowest BCUT2D eigenvalue weighted by molar-refractivity contribution is 0.669. The Morgan fingerprint density at radius 1 is 0.276 bits per heavy atom. The summed E-state index contributed by atoms with van der Waals surface area (Å²) in [5.74, 6) is 0. The minimum Gasteiger partial charge on any atom is -0.456 e. The first-order chi connectivity index (χ1) is 28.7. The number of rotatable bonds is 7. The van der Waals surface area contributed by atoms with E-state index in [0.717, 1.165) is 50.1 Å². The third kappa shape index (κ3) is 5.91. The molecule has 0 radical (unpaired) electrons. The van der Waals surface area contributed by atoms with Crippen molar-refractivity contribution >= 4 is 60.5 Å². The van der Waals surface area contributed by atoms with E-state index in [1.807, 2.05) is 12.1 Å². The number of benzene rings is 10. The van der Waals surface area contributed by atoms with E-state index in [4.69, 9.17) is 4.42 Å². The summed E-state index contributed by atoms with van der Waals surface area (Å²) >= 11 is 0. The van der Waals surface area contributed by atoms with Crippen LogP contribution >= 0.6 is 0 Å². The van der Waals surface area contributed by atoms with Crippen molar-refractivity contribution in [3.8, 4) is 44.5 Å². The fraction of sp³-hybridized carbons (Fsp3) is 0. The quantitative estimate of drug-likeness (QED) is 0.162. The van der Waals surface area contributed by atoms with E-state index in [2.05, 4.69) is 217 Å². The molecule has 0 saturated heterocycles. The molecule has 1 heterocycles. The van der Waals surface area contributed by atoms with Crippen LogP contribution < -0.4 is 4.90 Å². The zero-order chi connectivity index (χ0) is 38.4. The van der Waals surface area contributed by atoms with Gasteiger partial charge in [0.05, 0.1) is 0 Å². The van der Waals surface area contributed by atoms with Crippen molar-refractivity contribution < 1.29 is 4.42 Å². The summed E-state index contributed by atoms with van der Waals surface area (Å²) in [6, 6.07) is 80.7.